The summed E-state index contributed by atoms with van der Waals surface area (Å²) in [5.74, 6) is -0.464. The Labute approximate surface area is 137 Å². The van der Waals surface area contributed by atoms with E-state index in [1.54, 1.807) is 30.3 Å². The van der Waals surface area contributed by atoms with Crippen molar-refractivity contribution in [3.63, 3.8) is 0 Å². The van der Waals surface area contributed by atoms with Gasteiger partial charge in [0.25, 0.3) is 0 Å². The lowest BCUT2D eigenvalue weighted by Gasteiger charge is -2.12. The molecule has 0 bridgehead atoms. The third kappa shape index (κ3) is 5.74. The Balaban J connectivity index is 1.76. The molecule has 0 saturated carbocycles. The summed E-state index contributed by atoms with van der Waals surface area (Å²) >= 11 is 0. The van der Waals surface area contributed by atoms with Crippen molar-refractivity contribution in [3.05, 3.63) is 53.1 Å². The molecule has 122 valence electrons. The molecule has 0 radical (unpaired) electrons. The fourth-order valence-corrected chi connectivity index (χ4v) is 2.56. The Bertz CT molecular complexity index is 600. The molecule has 4 nitrogen and oxygen atoms in total. The second kappa shape index (κ2) is 8.93. The maximum atomic E-state index is 11.8. The molecule has 1 N–H and O–H groups in total. The number of carbonyl (C=O) groups excluding carboxylic acids is 2. The van der Waals surface area contributed by atoms with Crippen molar-refractivity contribution in [2.24, 2.45) is 0 Å². The van der Waals surface area contributed by atoms with Crippen molar-refractivity contribution in [2.75, 3.05) is 13.7 Å². The van der Waals surface area contributed by atoms with E-state index in [0.717, 1.165) is 18.4 Å². The molecule has 0 fully saturated rings. The van der Waals surface area contributed by atoms with Crippen LogP contribution in [0.2, 0.25) is 0 Å². The lowest BCUT2D eigenvalue weighted by atomic mass is 9.97. The van der Waals surface area contributed by atoms with Crippen LogP contribution in [0, 0.1) is 0 Å². The first kappa shape index (κ1) is 17.0. The third-order valence-electron chi connectivity index (χ3n) is 3.89. The normalized spacial score (nSPS) is 14.4. The smallest absolute Gasteiger partial charge is 0.337 e. The van der Waals surface area contributed by atoms with Gasteiger partial charge in [0.2, 0.25) is 5.91 Å². The summed E-state index contributed by atoms with van der Waals surface area (Å²) < 4.78 is 4.64. The highest BCUT2D eigenvalue weighted by molar-refractivity contribution is 5.92. The third-order valence-corrected chi connectivity index (χ3v) is 3.89. The van der Waals surface area contributed by atoms with E-state index in [0.29, 0.717) is 12.1 Å². The van der Waals surface area contributed by atoms with Gasteiger partial charge in [-0.05, 0) is 55.9 Å². The summed E-state index contributed by atoms with van der Waals surface area (Å²) in [5.41, 5.74) is 2.82. The van der Waals surface area contributed by atoms with Gasteiger partial charge in [0.1, 0.15) is 0 Å². The molecule has 0 unspecified atom stereocenters. The van der Waals surface area contributed by atoms with Gasteiger partial charge in [-0.25, -0.2) is 4.79 Å². The van der Waals surface area contributed by atoms with Gasteiger partial charge in [-0.3, -0.25) is 4.79 Å². The van der Waals surface area contributed by atoms with Crippen LogP contribution in [0.1, 0.15) is 48.0 Å². The number of carbonyl (C=O) groups is 2. The first-order valence-corrected chi connectivity index (χ1v) is 8.01. The average Bonchev–Trinajstić information content (AvgIpc) is 2.60. The van der Waals surface area contributed by atoms with Crippen molar-refractivity contribution in [1.82, 2.24) is 5.32 Å². The number of esters is 1. The van der Waals surface area contributed by atoms with E-state index in [2.05, 4.69) is 16.1 Å². The average molecular weight is 313 g/mol. The number of allylic oxidation sites excluding steroid dienone is 1. The number of ether oxygens (including phenoxy) is 1. The van der Waals surface area contributed by atoms with E-state index in [1.165, 1.54) is 38.0 Å². The number of rotatable bonds is 6. The van der Waals surface area contributed by atoms with Gasteiger partial charge in [0.05, 0.1) is 12.7 Å². The summed E-state index contributed by atoms with van der Waals surface area (Å²) in [7, 11) is 1.35. The van der Waals surface area contributed by atoms with Crippen molar-refractivity contribution in [1.29, 1.82) is 0 Å². The molecule has 1 aliphatic rings. The second-order valence-electron chi connectivity index (χ2n) is 5.60. The zero-order chi connectivity index (χ0) is 16.5. The Morgan fingerprint density at radius 3 is 2.65 bits per heavy atom. The zero-order valence-electron chi connectivity index (χ0n) is 13.5. The summed E-state index contributed by atoms with van der Waals surface area (Å²) in [6.45, 7) is 0.677. The molecule has 1 amide bonds. The van der Waals surface area contributed by atoms with Crippen LogP contribution in [-0.4, -0.2) is 25.5 Å². The fourth-order valence-electron chi connectivity index (χ4n) is 2.56. The van der Waals surface area contributed by atoms with Crippen LogP contribution in [-0.2, 0) is 9.53 Å². The number of hydrogen-bond donors (Lipinski definition) is 1. The predicted octanol–water partition coefficient (Wildman–Crippen LogP) is 3.49. The molecule has 1 aromatic rings. The number of nitrogens with one attached hydrogen (secondary N) is 1. The van der Waals surface area contributed by atoms with E-state index < -0.39 is 0 Å². The predicted molar refractivity (Wildman–Crippen MR) is 91.0 cm³/mol. The molecule has 0 aromatic heterocycles. The molecule has 23 heavy (non-hydrogen) atoms. The maximum Gasteiger partial charge on any atom is 0.337 e. The Hall–Kier alpha value is -2.36. The summed E-state index contributed by atoms with van der Waals surface area (Å²) in [6.07, 6.45) is 11.4. The van der Waals surface area contributed by atoms with Crippen molar-refractivity contribution in [3.8, 4) is 0 Å². The van der Waals surface area contributed by atoms with Crippen LogP contribution in [0.25, 0.3) is 6.08 Å². The van der Waals surface area contributed by atoms with Crippen molar-refractivity contribution < 1.29 is 14.3 Å². The number of hydrogen-bond acceptors (Lipinski definition) is 3. The summed E-state index contributed by atoms with van der Waals surface area (Å²) in [4.78, 5) is 23.1. The molecule has 0 atom stereocenters. The van der Waals surface area contributed by atoms with Gasteiger partial charge in [-0.1, -0.05) is 23.8 Å². The van der Waals surface area contributed by atoms with Gasteiger partial charge in [-0.15, -0.1) is 0 Å². The molecule has 1 aliphatic carbocycles. The van der Waals surface area contributed by atoms with Crippen LogP contribution < -0.4 is 5.32 Å². The number of benzene rings is 1. The number of methoxy groups -OCH3 is 1. The van der Waals surface area contributed by atoms with Gasteiger partial charge in [0.15, 0.2) is 0 Å². The van der Waals surface area contributed by atoms with Gasteiger partial charge in [0, 0.05) is 12.6 Å². The standard InChI is InChI=1S/C19H23NO3/c1-23-19(22)17-10-7-16(8-11-17)9-12-18(21)20-14-13-15-5-3-2-4-6-15/h5,7-12H,2-4,6,13-14H2,1H3,(H,20,21)/b12-9+. The van der Waals surface area contributed by atoms with Crippen LogP contribution in [0.5, 0.6) is 0 Å². The van der Waals surface area contributed by atoms with Gasteiger partial charge < -0.3 is 10.1 Å². The minimum atomic E-state index is -0.365. The molecule has 0 saturated heterocycles. The van der Waals surface area contributed by atoms with E-state index >= 15 is 0 Å². The minimum Gasteiger partial charge on any atom is -0.465 e. The van der Waals surface area contributed by atoms with E-state index in [9.17, 15) is 9.59 Å². The molecule has 1 aromatic carbocycles. The van der Waals surface area contributed by atoms with Crippen LogP contribution >= 0.6 is 0 Å². The van der Waals surface area contributed by atoms with E-state index in [-0.39, 0.29) is 11.9 Å². The number of amides is 1. The fraction of sp³-hybridized carbons (Fsp3) is 0.368. The topological polar surface area (TPSA) is 55.4 Å². The highest BCUT2D eigenvalue weighted by Gasteiger charge is 2.05. The van der Waals surface area contributed by atoms with Crippen LogP contribution in [0.15, 0.2) is 42.0 Å². The largest absolute Gasteiger partial charge is 0.465 e. The van der Waals surface area contributed by atoms with Crippen molar-refractivity contribution in [2.45, 2.75) is 32.1 Å². The second-order valence-corrected chi connectivity index (χ2v) is 5.60. The highest BCUT2D eigenvalue weighted by Crippen LogP contribution is 2.19. The Kier molecular flexibility index (Phi) is 6.60. The van der Waals surface area contributed by atoms with Crippen LogP contribution in [0.4, 0.5) is 0 Å². The van der Waals surface area contributed by atoms with Gasteiger partial charge >= 0.3 is 5.97 Å². The first-order valence-electron chi connectivity index (χ1n) is 8.01. The summed E-state index contributed by atoms with van der Waals surface area (Å²) in [5, 5.41) is 2.90. The first-order chi connectivity index (χ1) is 11.2. The Morgan fingerprint density at radius 2 is 2.00 bits per heavy atom. The molecule has 0 aliphatic heterocycles. The maximum absolute atomic E-state index is 11.8. The van der Waals surface area contributed by atoms with Crippen LogP contribution in [0.3, 0.4) is 0 Å². The lowest BCUT2D eigenvalue weighted by molar-refractivity contribution is -0.116. The molecule has 4 heteroatoms. The molecule has 2 rings (SSSR count). The quantitative estimate of drug-likeness (QED) is 0.497. The molecule has 0 spiro atoms. The van der Waals surface area contributed by atoms with Crippen molar-refractivity contribution >= 4 is 18.0 Å². The van der Waals surface area contributed by atoms with E-state index in [4.69, 9.17) is 0 Å². The Morgan fingerprint density at radius 1 is 1.22 bits per heavy atom. The highest BCUT2D eigenvalue weighted by atomic mass is 16.5. The minimum absolute atomic E-state index is 0.0987. The SMILES string of the molecule is COC(=O)c1ccc(/C=C/C(=O)NCCC2=CCCCC2)cc1. The molecule has 0 heterocycles. The lowest BCUT2D eigenvalue weighted by Crippen LogP contribution is -2.22. The van der Waals surface area contributed by atoms with E-state index in [1.807, 2.05) is 0 Å². The summed E-state index contributed by atoms with van der Waals surface area (Å²) in [6, 6.07) is 6.92. The monoisotopic (exact) mass is 313 g/mol. The molecular formula is C19H23NO3. The molecular weight excluding hydrogens is 290 g/mol. The zero-order valence-corrected chi connectivity index (χ0v) is 13.5. The van der Waals surface area contributed by atoms with Gasteiger partial charge in [-0.2, -0.15) is 0 Å².